The van der Waals surface area contributed by atoms with Crippen molar-refractivity contribution in [3.63, 3.8) is 0 Å². The number of carbonyl (C=O) groups excluding carboxylic acids is 1. The molecule has 0 radical (unpaired) electrons. The highest BCUT2D eigenvalue weighted by atomic mass is 16.3. The molecule has 0 spiro atoms. The van der Waals surface area contributed by atoms with Crippen molar-refractivity contribution in [2.75, 3.05) is 0 Å². The molecule has 2 N–H and O–H groups in total. The van der Waals surface area contributed by atoms with Gasteiger partial charge in [-0.3, -0.25) is 4.79 Å². The third kappa shape index (κ3) is 4.10. The number of aromatic nitrogens is 3. The van der Waals surface area contributed by atoms with Crippen LogP contribution in [0.2, 0.25) is 0 Å². The highest BCUT2D eigenvalue weighted by molar-refractivity contribution is 5.75. The molecule has 1 unspecified atom stereocenters. The Morgan fingerprint density at radius 1 is 1.39 bits per heavy atom. The van der Waals surface area contributed by atoms with Crippen molar-refractivity contribution in [1.82, 2.24) is 20.3 Å². The molecule has 1 rings (SSSR count). The lowest BCUT2D eigenvalue weighted by atomic mass is 10.2. The Balaban J connectivity index is 2.52. The summed E-state index contributed by atoms with van der Waals surface area (Å²) in [6.07, 6.45) is 3.42. The van der Waals surface area contributed by atoms with Gasteiger partial charge in [-0.05, 0) is 19.3 Å². The monoisotopic (exact) mass is 254 g/mol. The quantitative estimate of drug-likeness (QED) is 0.761. The number of aliphatic hydroxyl groups excluding tert-OH is 1. The van der Waals surface area contributed by atoms with Crippen molar-refractivity contribution in [2.45, 2.75) is 58.7 Å². The SMILES string of the molecule is CCC(CC)NC(=O)Cn1cc(C(O)CC)nn1. The number of hydrogen-bond acceptors (Lipinski definition) is 4. The minimum atomic E-state index is -0.610. The third-order valence-corrected chi connectivity index (χ3v) is 2.94. The molecule has 1 heterocycles. The minimum Gasteiger partial charge on any atom is -0.387 e. The Hall–Kier alpha value is -1.43. The van der Waals surface area contributed by atoms with E-state index in [1.807, 2.05) is 20.8 Å². The summed E-state index contributed by atoms with van der Waals surface area (Å²) in [5, 5.41) is 20.2. The van der Waals surface area contributed by atoms with Crippen LogP contribution in [-0.4, -0.2) is 32.0 Å². The fourth-order valence-electron chi connectivity index (χ4n) is 1.67. The van der Waals surface area contributed by atoms with E-state index >= 15 is 0 Å². The van der Waals surface area contributed by atoms with Gasteiger partial charge in [0.2, 0.25) is 5.91 Å². The first kappa shape index (κ1) is 14.6. The van der Waals surface area contributed by atoms with Gasteiger partial charge in [0.15, 0.2) is 0 Å². The number of nitrogens with one attached hydrogen (secondary N) is 1. The summed E-state index contributed by atoms with van der Waals surface area (Å²) in [6.45, 7) is 6.09. The predicted molar refractivity (Wildman–Crippen MR) is 67.8 cm³/mol. The Morgan fingerprint density at radius 2 is 2.06 bits per heavy atom. The van der Waals surface area contributed by atoms with Crippen molar-refractivity contribution >= 4 is 5.91 Å². The zero-order valence-corrected chi connectivity index (χ0v) is 11.3. The first-order chi connectivity index (χ1) is 8.60. The summed E-state index contributed by atoms with van der Waals surface area (Å²) in [5.41, 5.74) is 0.507. The van der Waals surface area contributed by atoms with Crippen LogP contribution in [-0.2, 0) is 11.3 Å². The summed E-state index contributed by atoms with van der Waals surface area (Å²) in [7, 11) is 0. The van der Waals surface area contributed by atoms with E-state index in [0.717, 1.165) is 12.8 Å². The average Bonchev–Trinajstić information content (AvgIpc) is 2.83. The smallest absolute Gasteiger partial charge is 0.242 e. The molecule has 0 bridgehead atoms. The number of rotatable bonds is 7. The van der Waals surface area contributed by atoms with Crippen molar-refractivity contribution < 1.29 is 9.90 Å². The van der Waals surface area contributed by atoms with Crippen LogP contribution < -0.4 is 5.32 Å². The van der Waals surface area contributed by atoms with Crippen molar-refractivity contribution in [3.8, 4) is 0 Å². The van der Waals surface area contributed by atoms with Crippen molar-refractivity contribution in [2.24, 2.45) is 0 Å². The van der Waals surface area contributed by atoms with Crippen LogP contribution in [0.3, 0.4) is 0 Å². The molecule has 1 aromatic rings. The molecule has 102 valence electrons. The molecule has 0 saturated heterocycles. The Kier molecular flexibility index (Phi) is 5.77. The van der Waals surface area contributed by atoms with Crippen molar-refractivity contribution in [1.29, 1.82) is 0 Å². The number of hydrogen-bond donors (Lipinski definition) is 2. The van der Waals surface area contributed by atoms with E-state index in [1.54, 1.807) is 6.20 Å². The van der Waals surface area contributed by atoms with E-state index in [1.165, 1.54) is 4.68 Å². The Labute approximate surface area is 107 Å². The van der Waals surface area contributed by atoms with Crippen LogP contribution in [0.15, 0.2) is 6.20 Å². The molecule has 18 heavy (non-hydrogen) atoms. The minimum absolute atomic E-state index is 0.0776. The van der Waals surface area contributed by atoms with Crippen LogP contribution in [0.5, 0.6) is 0 Å². The summed E-state index contributed by atoms with van der Waals surface area (Å²) >= 11 is 0. The lowest BCUT2D eigenvalue weighted by Crippen LogP contribution is -2.36. The molecule has 1 atom stereocenters. The molecular weight excluding hydrogens is 232 g/mol. The highest BCUT2D eigenvalue weighted by Crippen LogP contribution is 2.11. The largest absolute Gasteiger partial charge is 0.387 e. The van der Waals surface area contributed by atoms with E-state index in [9.17, 15) is 9.90 Å². The molecule has 0 fully saturated rings. The van der Waals surface area contributed by atoms with Crippen LogP contribution in [0.4, 0.5) is 0 Å². The van der Waals surface area contributed by atoms with Gasteiger partial charge in [-0.2, -0.15) is 0 Å². The molecule has 6 nitrogen and oxygen atoms in total. The molecule has 0 aliphatic heterocycles. The number of nitrogens with zero attached hydrogens (tertiary/aromatic N) is 3. The number of carbonyl (C=O) groups is 1. The van der Waals surface area contributed by atoms with Crippen LogP contribution in [0, 0.1) is 0 Å². The van der Waals surface area contributed by atoms with Gasteiger partial charge in [-0.15, -0.1) is 5.10 Å². The maximum absolute atomic E-state index is 11.7. The van der Waals surface area contributed by atoms with Gasteiger partial charge in [-0.1, -0.05) is 26.0 Å². The molecule has 1 amide bonds. The highest BCUT2D eigenvalue weighted by Gasteiger charge is 2.13. The molecular formula is C12H22N4O2. The second-order valence-electron chi connectivity index (χ2n) is 4.35. The van der Waals surface area contributed by atoms with E-state index in [0.29, 0.717) is 12.1 Å². The number of aliphatic hydroxyl groups is 1. The maximum atomic E-state index is 11.7. The van der Waals surface area contributed by atoms with Gasteiger partial charge in [0.1, 0.15) is 12.2 Å². The fourth-order valence-corrected chi connectivity index (χ4v) is 1.67. The van der Waals surface area contributed by atoms with E-state index in [2.05, 4.69) is 15.6 Å². The lowest BCUT2D eigenvalue weighted by Gasteiger charge is -2.14. The van der Waals surface area contributed by atoms with E-state index in [-0.39, 0.29) is 18.5 Å². The molecule has 0 aliphatic rings. The molecule has 0 aliphatic carbocycles. The molecule has 0 aromatic carbocycles. The standard InChI is InChI=1S/C12H22N4O2/c1-4-9(5-2)13-12(18)8-16-7-10(14-15-16)11(17)6-3/h7,9,11,17H,4-6,8H2,1-3H3,(H,13,18). The summed E-state index contributed by atoms with van der Waals surface area (Å²) in [6, 6.07) is 0.210. The topological polar surface area (TPSA) is 80.0 Å². The Bertz CT molecular complexity index is 374. The molecule has 1 aromatic heterocycles. The van der Waals surface area contributed by atoms with Gasteiger partial charge in [0.05, 0.1) is 12.3 Å². The fraction of sp³-hybridized carbons (Fsp3) is 0.750. The van der Waals surface area contributed by atoms with Crippen LogP contribution >= 0.6 is 0 Å². The van der Waals surface area contributed by atoms with E-state index < -0.39 is 6.10 Å². The van der Waals surface area contributed by atoms with Gasteiger partial charge in [-0.25, -0.2) is 4.68 Å². The first-order valence-corrected chi connectivity index (χ1v) is 6.48. The maximum Gasteiger partial charge on any atom is 0.242 e. The lowest BCUT2D eigenvalue weighted by molar-refractivity contribution is -0.122. The normalized spacial score (nSPS) is 12.7. The second kappa shape index (κ2) is 7.10. The first-order valence-electron chi connectivity index (χ1n) is 6.48. The third-order valence-electron chi connectivity index (χ3n) is 2.94. The summed E-state index contributed by atoms with van der Waals surface area (Å²) < 4.78 is 1.45. The van der Waals surface area contributed by atoms with Gasteiger partial charge < -0.3 is 10.4 Å². The van der Waals surface area contributed by atoms with Gasteiger partial charge >= 0.3 is 0 Å². The summed E-state index contributed by atoms with van der Waals surface area (Å²) in [4.78, 5) is 11.7. The zero-order chi connectivity index (χ0) is 13.5. The van der Waals surface area contributed by atoms with Crippen LogP contribution in [0.25, 0.3) is 0 Å². The second-order valence-corrected chi connectivity index (χ2v) is 4.35. The van der Waals surface area contributed by atoms with Gasteiger partial charge in [0.25, 0.3) is 0 Å². The Morgan fingerprint density at radius 3 is 2.61 bits per heavy atom. The zero-order valence-electron chi connectivity index (χ0n) is 11.3. The van der Waals surface area contributed by atoms with Gasteiger partial charge in [0, 0.05) is 6.04 Å². The van der Waals surface area contributed by atoms with E-state index in [4.69, 9.17) is 0 Å². The summed E-state index contributed by atoms with van der Waals surface area (Å²) in [5.74, 6) is -0.0776. The molecule has 6 heteroatoms. The average molecular weight is 254 g/mol. The van der Waals surface area contributed by atoms with Crippen molar-refractivity contribution in [3.05, 3.63) is 11.9 Å². The van der Waals surface area contributed by atoms with Crippen LogP contribution in [0.1, 0.15) is 51.8 Å². The predicted octanol–water partition coefficient (Wildman–Crippen LogP) is 1.03. The molecule has 0 saturated carbocycles. The number of amides is 1.